The second kappa shape index (κ2) is 5.83. The van der Waals surface area contributed by atoms with Gasteiger partial charge in [0.1, 0.15) is 18.0 Å². The molecule has 0 aliphatic carbocycles. The second-order valence-corrected chi connectivity index (χ2v) is 5.72. The van der Waals surface area contributed by atoms with Crippen molar-refractivity contribution in [3.63, 3.8) is 0 Å². The van der Waals surface area contributed by atoms with E-state index in [4.69, 9.17) is 0 Å². The largest absolute Gasteiger partial charge is 0.373 e. The summed E-state index contributed by atoms with van der Waals surface area (Å²) in [5, 5.41) is 6.33. The van der Waals surface area contributed by atoms with E-state index in [1.807, 2.05) is 32.2 Å². The average molecular weight is 419 g/mol. The summed E-state index contributed by atoms with van der Waals surface area (Å²) in [7, 11) is 1.85. The third kappa shape index (κ3) is 2.92. The summed E-state index contributed by atoms with van der Waals surface area (Å²) in [5.41, 5.74) is 1.99. The first kappa shape index (κ1) is 13.5. The van der Waals surface area contributed by atoms with Crippen molar-refractivity contribution in [1.29, 1.82) is 0 Å². The van der Waals surface area contributed by atoms with Gasteiger partial charge in [-0.25, -0.2) is 9.97 Å². The molecule has 2 aromatic rings. The van der Waals surface area contributed by atoms with Gasteiger partial charge in [0.25, 0.3) is 0 Å². The van der Waals surface area contributed by atoms with E-state index in [1.54, 1.807) is 6.33 Å². The fourth-order valence-corrected chi connectivity index (χ4v) is 2.25. The van der Waals surface area contributed by atoms with Gasteiger partial charge in [0.05, 0.1) is 0 Å². The van der Waals surface area contributed by atoms with Gasteiger partial charge >= 0.3 is 0 Å². The van der Waals surface area contributed by atoms with Crippen LogP contribution in [0.15, 0.2) is 29.0 Å². The molecule has 1 aromatic heterocycles. The Morgan fingerprint density at radius 3 is 2.61 bits per heavy atom. The topological polar surface area (TPSA) is 49.8 Å². The van der Waals surface area contributed by atoms with Crippen LogP contribution in [0.5, 0.6) is 0 Å². The molecular formula is C12H12BrIN4. The normalized spacial score (nSPS) is 10.2. The van der Waals surface area contributed by atoms with Gasteiger partial charge in [0.2, 0.25) is 0 Å². The summed E-state index contributed by atoms with van der Waals surface area (Å²) < 4.78 is 2.24. The van der Waals surface area contributed by atoms with E-state index in [2.05, 4.69) is 59.1 Å². The van der Waals surface area contributed by atoms with Crippen LogP contribution in [-0.2, 0) is 0 Å². The van der Waals surface area contributed by atoms with Gasteiger partial charge in [-0.2, -0.15) is 0 Å². The molecule has 0 saturated heterocycles. The molecule has 0 saturated carbocycles. The minimum atomic E-state index is 0.808. The highest BCUT2D eigenvalue weighted by atomic mass is 127. The SMILES string of the molecule is CNc1ncnc(Nc2ccc(I)c(Br)c2)c1C. The summed E-state index contributed by atoms with van der Waals surface area (Å²) in [6.45, 7) is 1.98. The number of benzene rings is 1. The zero-order valence-electron chi connectivity index (χ0n) is 9.96. The molecule has 0 aliphatic heterocycles. The first-order valence-corrected chi connectivity index (χ1v) is 7.20. The molecule has 2 rings (SSSR count). The monoisotopic (exact) mass is 418 g/mol. The maximum absolute atomic E-state index is 4.25. The van der Waals surface area contributed by atoms with Crippen LogP contribution in [0, 0.1) is 10.5 Å². The van der Waals surface area contributed by atoms with Gasteiger partial charge in [-0.05, 0) is 63.6 Å². The Balaban J connectivity index is 2.31. The lowest BCUT2D eigenvalue weighted by atomic mass is 10.2. The molecule has 0 atom stereocenters. The highest BCUT2D eigenvalue weighted by Crippen LogP contribution is 2.26. The summed E-state index contributed by atoms with van der Waals surface area (Å²) >= 11 is 5.79. The molecule has 1 aromatic carbocycles. The smallest absolute Gasteiger partial charge is 0.138 e. The van der Waals surface area contributed by atoms with Crippen LogP contribution in [0.3, 0.4) is 0 Å². The second-order valence-electron chi connectivity index (χ2n) is 3.70. The van der Waals surface area contributed by atoms with Gasteiger partial charge in [-0.1, -0.05) is 0 Å². The predicted molar refractivity (Wildman–Crippen MR) is 86.5 cm³/mol. The lowest BCUT2D eigenvalue weighted by Gasteiger charge is -2.11. The summed E-state index contributed by atoms with van der Waals surface area (Å²) in [5.74, 6) is 1.64. The molecular weight excluding hydrogens is 407 g/mol. The summed E-state index contributed by atoms with van der Waals surface area (Å²) in [6, 6.07) is 6.10. The standard InChI is InChI=1S/C12H12BrIN4/c1-7-11(15-2)16-6-17-12(7)18-8-3-4-10(14)9(13)5-8/h3-6H,1-2H3,(H2,15,16,17,18). The Morgan fingerprint density at radius 1 is 1.22 bits per heavy atom. The number of hydrogen-bond acceptors (Lipinski definition) is 4. The van der Waals surface area contributed by atoms with Gasteiger partial charge < -0.3 is 10.6 Å². The van der Waals surface area contributed by atoms with Crippen molar-refractivity contribution in [2.45, 2.75) is 6.92 Å². The molecule has 4 nitrogen and oxygen atoms in total. The van der Waals surface area contributed by atoms with Crippen molar-refractivity contribution < 1.29 is 0 Å². The molecule has 0 fully saturated rings. The highest BCUT2D eigenvalue weighted by Gasteiger charge is 2.06. The number of hydrogen-bond donors (Lipinski definition) is 2. The Morgan fingerprint density at radius 2 is 1.94 bits per heavy atom. The lowest BCUT2D eigenvalue weighted by molar-refractivity contribution is 1.12. The van der Waals surface area contributed by atoms with E-state index < -0.39 is 0 Å². The van der Waals surface area contributed by atoms with Crippen molar-refractivity contribution >= 4 is 55.8 Å². The molecule has 18 heavy (non-hydrogen) atoms. The van der Waals surface area contributed by atoms with E-state index >= 15 is 0 Å². The molecule has 0 unspecified atom stereocenters. The average Bonchev–Trinajstić information content (AvgIpc) is 2.36. The van der Waals surface area contributed by atoms with Gasteiger partial charge in [-0.15, -0.1) is 0 Å². The third-order valence-electron chi connectivity index (χ3n) is 2.50. The third-order valence-corrected chi connectivity index (χ3v) is 4.84. The van der Waals surface area contributed by atoms with Gasteiger partial charge in [0, 0.05) is 26.3 Å². The zero-order chi connectivity index (χ0) is 13.1. The van der Waals surface area contributed by atoms with Crippen LogP contribution < -0.4 is 10.6 Å². The maximum atomic E-state index is 4.25. The number of aromatic nitrogens is 2. The van der Waals surface area contributed by atoms with E-state index in [1.165, 1.54) is 3.57 Å². The molecule has 94 valence electrons. The number of nitrogens with one attached hydrogen (secondary N) is 2. The molecule has 0 radical (unpaired) electrons. The number of halogens is 2. The van der Waals surface area contributed by atoms with Crippen molar-refractivity contribution in [2.24, 2.45) is 0 Å². The highest BCUT2D eigenvalue weighted by molar-refractivity contribution is 14.1. The zero-order valence-corrected chi connectivity index (χ0v) is 13.7. The van der Waals surface area contributed by atoms with Crippen molar-refractivity contribution in [3.05, 3.63) is 38.1 Å². The van der Waals surface area contributed by atoms with E-state index in [9.17, 15) is 0 Å². The maximum Gasteiger partial charge on any atom is 0.138 e. The summed E-state index contributed by atoms with van der Waals surface area (Å²) in [6.07, 6.45) is 1.54. The first-order valence-electron chi connectivity index (χ1n) is 5.33. The first-order chi connectivity index (χ1) is 8.61. The minimum absolute atomic E-state index is 0.808. The van der Waals surface area contributed by atoms with Crippen LogP contribution in [0.25, 0.3) is 0 Å². The van der Waals surface area contributed by atoms with Gasteiger partial charge in [-0.3, -0.25) is 0 Å². The quantitative estimate of drug-likeness (QED) is 0.741. The van der Waals surface area contributed by atoms with Crippen LogP contribution in [0.1, 0.15) is 5.56 Å². The van der Waals surface area contributed by atoms with Crippen molar-refractivity contribution in [3.8, 4) is 0 Å². The Hall–Kier alpha value is -0.890. The number of rotatable bonds is 3. The molecule has 0 amide bonds. The van der Waals surface area contributed by atoms with Crippen LogP contribution in [0.4, 0.5) is 17.3 Å². The predicted octanol–water partition coefficient (Wildman–Crippen LogP) is 3.94. The number of nitrogens with zero attached hydrogens (tertiary/aromatic N) is 2. The molecule has 6 heteroatoms. The molecule has 1 heterocycles. The van der Waals surface area contributed by atoms with E-state index in [-0.39, 0.29) is 0 Å². The minimum Gasteiger partial charge on any atom is -0.373 e. The van der Waals surface area contributed by atoms with Gasteiger partial charge in [0.15, 0.2) is 0 Å². The van der Waals surface area contributed by atoms with Crippen LogP contribution >= 0.6 is 38.5 Å². The molecule has 0 aliphatic rings. The molecule has 0 bridgehead atoms. The summed E-state index contributed by atoms with van der Waals surface area (Å²) in [4.78, 5) is 8.41. The van der Waals surface area contributed by atoms with E-state index in [0.717, 1.165) is 27.4 Å². The Kier molecular flexibility index (Phi) is 4.39. The Bertz CT molecular complexity index is 574. The van der Waals surface area contributed by atoms with E-state index in [0.29, 0.717) is 0 Å². The lowest BCUT2D eigenvalue weighted by Crippen LogP contribution is -2.02. The molecule has 2 N–H and O–H groups in total. The van der Waals surface area contributed by atoms with Crippen LogP contribution in [0.2, 0.25) is 0 Å². The number of anilines is 3. The van der Waals surface area contributed by atoms with Crippen LogP contribution in [-0.4, -0.2) is 17.0 Å². The fourth-order valence-electron chi connectivity index (χ4n) is 1.54. The molecule has 0 spiro atoms. The fraction of sp³-hybridized carbons (Fsp3) is 0.167. The van der Waals surface area contributed by atoms with Crippen molar-refractivity contribution in [1.82, 2.24) is 9.97 Å². The Labute approximate surface area is 128 Å². The van der Waals surface area contributed by atoms with Crippen molar-refractivity contribution in [2.75, 3.05) is 17.7 Å².